The van der Waals surface area contributed by atoms with Gasteiger partial charge in [0.15, 0.2) is 11.2 Å². The number of nitrogens with zero attached hydrogens (tertiary/aromatic N) is 4. The van der Waals surface area contributed by atoms with Crippen LogP contribution < -0.4 is 20.9 Å². The van der Waals surface area contributed by atoms with Crippen LogP contribution in [0.15, 0.2) is 35.1 Å². The Hall–Kier alpha value is -1.67. The Morgan fingerprint density at radius 2 is 1.88 bits per heavy atom. The minimum absolute atomic E-state index is 0.0231. The molecule has 32 heavy (non-hydrogen) atoms. The second-order valence-electron chi connectivity index (χ2n) is 7.28. The zero-order valence-corrected chi connectivity index (χ0v) is 21.7. The summed E-state index contributed by atoms with van der Waals surface area (Å²) in [5.74, 6) is 1.05. The number of anilines is 1. The molecule has 1 aliphatic heterocycles. The molecule has 0 unspecified atom stereocenters. The summed E-state index contributed by atoms with van der Waals surface area (Å²) in [4.78, 5) is 33.6. The summed E-state index contributed by atoms with van der Waals surface area (Å²) >= 11 is 10.3. The largest absolute Gasteiger partial charge is 0.488 e. The van der Waals surface area contributed by atoms with Gasteiger partial charge in [0.25, 0.3) is 5.56 Å². The number of halogens is 3. The molecule has 0 amide bonds. The summed E-state index contributed by atoms with van der Waals surface area (Å²) in [5.41, 5.74) is -0.624. The molecule has 0 aliphatic carbocycles. The van der Waals surface area contributed by atoms with Gasteiger partial charge in [-0.25, -0.2) is 4.79 Å². The Kier molecular flexibility index (Phi) is 7.10. The predicted octanol–water partition coefficient (Wildman–Crippen LogP) is 1.99. The fraction of sp³-hybridized carbons (Fsp3) is 0.421. The van der Waals surface area contributed by atoms with Gasteiger partial charge in [-0.1, -0.05) is 15.9 Å². The maximum absolute atomic E-state index is 12.6. The van der Waals surface area contributed by atoms with Crippen molar-refractivity contribution in [2.45, 2.75) is 12.6 Å². The molecule has 0 spiro atoms. The van der Waals surface area contributed by atoms with Crippen molar-refractivity contribution in [2.24, 2.45) is 7.05 Å². The van der Waals surface area contributed by atoms with Crippen molar-refractivity contribution < 1.29 is 14.6 Å². The summed E-state index contributed by atoms with van der Waals surface area (Å²) in [5, 5.41) is 10.8. The van der Waals surface area contributed by atoms with Crippen LogP contribution in [0.25, 0.3) is 11.2 Å². The van der Waals surface area contributed by atoms with Gasteiger partial charge in [0, 0.05) is 24.6 Å². The van der Waals surface area contributed by atoms with Gasteiger partial charge < -0.3 is 24.0 Å². The van der Waals surface area contributed by atoms with E-state index in [4.69, 9.17) is 9.47 Å². The van der Waals surface area contributed by atoms with Crippen molar-refractivity contribution >= 4 is 64.9 Å². The van der Waals surface area contributed by atoms with Gasteiger partial charge in [-0.2, -0.15) is 4.98 Å². The third-order valence-corrected chi connectivity index (χ3v) is 6.69. The van der Waals surface area contributed by atoms with Crippen molar-refractivity contribution in [2.75, 3.05) is 37.8 Å². The molecule has 0 saturated carbocycles. The second kappa shape index (κ2) is 9.67. The number of nitrogens with one attached hydrogen (secondary N) is 1. The molecule has 1 aliphatic rings. The molecule has 4 rings (SSSR count). The standard InChI is InChI=1S/C19H20Br3N5O5/c1-25-16-14(17(29)24-19(25)30)27(18(23-16)26-2-4-31-5-3-26)8-11(28)9-32-15-12(21)6-10(20)7-13(15)22/h6-7,11,28H,2-5,8-9H2,1H3,(H,24,29,30)/t11-/m1/s1. The molecule has 0 radical (unpaired) electrons. The fourth-order valence-electron chi connectivity index (χ4n) is 3.51. The number of imidazole rings is 1. The number of ether oxygens (including phenoxy) is 2. The number of aromatic amines is 1. The molecule has 13 heteroatoms. The summed E-state index contributed by atoms with van der Waals surface area (Å²) in [7, 11) is 1.54. The van der Waals surface area contributed by atoms with E-state index in [0.29, 0.717) is 38.0 Å². The maximum atomic E-state index is 12.6. The van der Waals surface area contributed by atoms with Crippen LogP contribution in [0.3, 0.4) is 0 Å². The van der Waals surface area contributed by atoms with Crippen LogP contribution in [-0.4, -0.2) is 63.2 Å². The number of aromatic nitrogens is 4. The average Bonchev–Trinajstić information content (AvgIpc) is 3.11. The molecule has 3 aromatic rings. The van der Waals surface area contributed by atoms with Gasteiger partial charge in [0.2, 0.25) is 5.95 Å². The molecule has 1 fully saturated rings. The number of aryl methyl sites for hydroxylation is 1. The van der Waals surface area contributed by atoms with Gasteiger partial charge >= 0.3 is 5.69 Å². The Labute approximate surface area is 207 Å². The van der Waals surface area contributed by atoms with E-state index in [1.165, 1.54) is 4.57 Å². The molecular weight excluding hydrogens is 618 g/mol. The topological polar surface area (TPSA) is 115 Å². The predicted molar refractivity (Wildman–Crippen MR) is 130 cm³/mol. The molecule has 1 aromatic carbocycles. The number of fused-ring (bicyclic) bond motifs is 1. The molecule has 3 heterocycles. The summed E-state index contributed by atoms with van der Waals surface area (Å²) in [6, 6.07) is 3.68. The lowest BCUT2D eigenvalue weighted by Crippen LogP contribution is -2.39. The first-order chi connectivity index (χ1) is 15.3. The SMILES string of the molecule is Cn1c(=O)[nH]c(=O)c2c1nc(N1CCOCC1)n2C[C@@H](O)COc1c(Br)cc(Br)cc1Br. The molecule has 1 saturated heterocycles. The highest BCUT2D eigenvalue weighted by atomic mass is 79.9. The van der Waals surface area contributed by atoms with E-state index >= 15 is 0 Å². The monoisotopic (exact) mass is 635 g/mol. The van der Waals surface area contributed by atoms with Crippen molar-refractivity contribution in [1.29, 1.82) is 0 Å². The van der Waals surface area contributed by atoms with E-state index in [0.717, 1.165) is 13.4 Å². The highest BCUT2D eigenvalue weighted by molar-refractivity contribution is 9.11. The number of morpholine rings is 1. The number of benzene rings is 1. The zero-order valence-electron chi connectivity index (χ0n) is 17.0. The van der Waals surface area contributed by atoms with Crippen LogP contribution in [0.5, 0.6) is 5.75 Å². The van der Waals surface area contributed by atoms with Crippen LogP contribution in [0.2, 0.25) is 0 Å². The lowest BCUT2D eigenvalue weighted by molar-refractivity contribution is 0.0920. The third-order valence-electron chi connectivity index (χ3n) is 5.06. The van der Waals surface area contributed by atoms with Gasteiger partial charge in [-0.3, -0.25) is 14.3 Å². The van der Waals surface area contributed by atoms with Gasteiger partial charge in [0.05, 0.1) is 28.7 Å². The van der Waals surface area contributed by atoms with E-state index < -0.39 is 17.4 Å². The quantitative estimate of drug-likeness (QED) is 0.425. The van der Waals surface area contributed by atoms with E-state index in [1.807, 2.05) is 17.0 Å². The van der Waals surface area contributed by atoms with Crippen molar-refractivity contribution in [3.63, 3.8) is 0 Å². The van der Waals surface area contributed by atoms with E-state index in [-0.39, 0.29) is 24.3 Å². The summed E-state index contributed by atoms with van der Waals surface area (Å²) < 4.78 is 16.5. The maximum Gasteiger partial charge on any atom is 0.329 e. The van der Waals surface area contributed by atoms with Crippen LogP contribution in [0.1, 0.15) is 0 Å². The first kappa shape index (κ1) is 23.5. The molecule has 0 bridgehead atoms. The van der Waals surface area contributed by atoms with Crippen molar-refractivity contribution in [3.05, 3.63) is 46.4 Å². The van der Waals surface area contributed by atoms with Gasteiger partial charge in [0.1, 0.15) is 18.5 Å². The number of rotatable bonds is 6. The summed E-state index contributed by atoms with van der Waals surface area (Å²) in [6.45, 7) is 2.24. The van der Waals surface area contributed by atoms with Crippen LogP contribution in [0, 0.1) is 0 Å². The summed E-state index contributed by atoms with van der Waals surface area (Å²) in [6.07, 6.45) is -0.953. The number of aliphatic hydroxyl groups excluding tert-OH is 1. The molecule has 2 N–H and O–H groups in total. The minimum atomic E-state index is -0.953. The van der Waals surface area contributed by atoms with Gasteiger partial charge in [-0.05, 0) is 44.0 Å². The first-order valence-corrected chi connectivity index (χ1v) is 12.1. The smallest absolute Gasteiger partial charge is 0.329 e. The van der Waals surface area contributed by atoms with Crippen molar-refractivity contribution in [1.82, 2.24) is 19.1 Å². The van der Waals surface area contributed by atoms with Crippen molar-refractivity contribution in [3.8, 4) is 5.75 Å². The van der Waals surface area contributed by atoms with Crippen LogP contribution in [0.4, 0.5) is 5.95 Å². The number of H-pyrrole nitrogens is 1. The first-order valence-electron chi connectivity index (χ1n) is 9.74. The number of hydrogen-bond acceptors (Lipinski definition) is 7. The molecule has 172 valence electrons. The lowest BCUT2D eigenvalue weighted by Gasteiger charge is -2.28. The molecule has 10 nitrogen and oxygen atoms in total. The van der Waals surface area contributed by atoms with E-state index in [2.05, 4.69) is 57.8 Å². The fourth-order valence-corrected chi connectivity index (χ4v) is 6.00. The van der Waals surface area contributed by atoms with Crippen LogP contribution >= 0.6 is 47.8 Å². The van der Waals surface area contributed by atoms with E-state index in [9.17, 15) is 14.7 Å². The lowest BCUT2D eigenvalue weighted by atomic mass is 10.3. The highest BCUT2D eigenvalue weighted by Gasteiger charge is 2.25. The Bertz CT molecular complexity index is 1240. The Morgan fingerprint density at radius 3 is 2.53 bits per heavy atom. The Balaban J connectivity index is 1.66. The third kappa shape index (κ3) is 4.67. The average molecular weight is 638 g/mol. The number of hydrogen-bond donors (Lipinski definition) is 2. The molecular formula is C19H20Br3N5O5. The molecule has 1 atom stereocenters. The second-order valence-corrected chi connectivity index (χ2v) is 9.90. The zero-order chi connectivity index (χ0) is 23.0. The van der Waals surface area contributed by atoms with Crippen LogP contribution in [-0.2, 0) is 18.3 Å². The molecule has 2 aromatic heterocycles. The van der Waals surface area contributed by atoms with E-state index in [1.54, 1.807) is 11.6 Å². The normalized spacial score (nSPS) is 15.3. The number of aliphatic hydroxyl groups is 1. The Morgan fingerprint density at radius 1 is 1.22 bits per heavy atom. The highest BCUT2D eigenvalue weighted by Crippen LogP contribution is 2.36. The minimum Gasteiger partial charge on any atom is -0.488 e. The van der Waals surface area contributed by atoms with Gasteiger partial charge in [-0.15, -0.1) is 0 Å².